The molecule has 0 bridgehead atoms. The molecule has 4 heteroatoms. The third-order valence-electron chi connectivity index (χ3n) is 4.55. The minimum atomic E-state index is 0.573. The predicted molar refractivity (Wildman–Crippen MR) is 104 cm³/mol. The van der Waals surface area contributed by atoms with Crippen molar-refractivity contribution in [1.82, 2.24) is 4.98 Å². The number of aromatic nitrogens is 1. The molecule has 0 amide bonds. The Balaban J connectivity index is 2.08. The summed E-state index contributed by atoms with van der Waals surface area (Å²) in [4.78, 5) is 4.93. The highest BCUT2D eigenvalue weighted by Gasteiger charge is 2.17. The van der Waals surface area contributed by atoms with Gasteiger partial charge in [0.25, 0.3) is 0 Å². The van der Waals surface area contributed by atoms with E-state index in [1.807, 2.05) is 42.5 Å². The van der Waals surface area contributed by atoms with Gasteiger partial charge in [-0.1, -0.05) is 42.5 Å². The molecule has 26 heavy (non-hydrogen) atoms. The number of para-hydroxylation sites is 1. The van der Waals surface area contributed by atoms with E-state index in [0.717, 1.165) is 27.5 Å². The van der Waals surface area contributed by atoms with Gasteiger partial charge in [0.15, 0.2) is 11.5 Å². The fourth-order valence-corrected chi connectivity index (χ4v) is 3.34. The zero-order chi connectivity index (χ0) is 18.1. The molecule has 0 saturated heterocycles. The molecule has 0 aliphatic rings. The van der Waals surface area contributed by atoms with E-state index >= 15 is 0 Å². The smallest absolute Gasteiger partial charge is 0.203 e. The number of fused-ring (bicyclic) bond motifs is 3. The van der Waals surface area contributed by atoms with Crippen molar-refractivity contribution in [2.45, 2.75) is 0 Å². The van der Waals surface area contributed by atoms with Crippen molar-refractivity contribution >= 4 is 21.7 Å². The van der Waals surface area contributed by atoms with Crippen molar-refractivity contribution in [3.05, 3.63) is 60.7 Å². The van der Waals surface area contributed by atoms with E-state index in [1.54, 1.807) is 21.3 Å². The summed E-state index contributed by atoms with van der Waals surface area (Å²) in [7, 11) is 4.84. The van der Waals surface area contributed by atoms with E-state index < -0.39 is 0 Å². The molecule has 0 radical (unpaired) electrons. The summed E-state index contributed by atoms with van der Waals surface area (Å²) in [5, 5.41) is 3.39. The van der Waals surface area contributed by atoms with Gasteiger partial charge in [-0.2, -0.15) is 0 Å². The molecule has 0 aliphatic carbocycles. The molecule has 1 aromatic heterocycles. The summed E-state index contributed by atoms with van der Waals surface area (Å²) in [5.41, 5.74) is 2.76. The highest BCUT2D eigenvalue weighted by atomic mass is 16.5. The summed E-state index contributed by atoms with van der Waals surface area (Å²) in [5.74, 6) is 1.80. The van der Waals surface area contributed by atoms with E-state index in [2.05, 4.69) is 18.2 Å². The molecule has 3 aromatic carbocycles. The first-order chi connectivity index (χ1) is 12.8. The molecule has 0 saturated carbocycles. The van der Waals surface area contributed by atoms with E-state index in [1.165, 1.54) is 5.39 Å². The maximum Gasteiger partial charge on any atom is 0.203 e. The van der Waals surface area contributed by atoms with Crippen LogP contribution in [0, 0.1) is 0 Å². The minimum absolute atomic E-state index is 0.573. The standard InChI is InChI=1S/C22H19NO3/c1-24-19-12-14(13-20(25-2)22(19)26-3)21-17-10-5-4-8-15(17)16-9-6-7-11-18(16)23-21/h4-13H,1-3H3. The van der Waals surface area contributed by atoms with Crippen molar-refractivity contribution in [2.24, 2.45) is 0 Å². The minimum Gasteiger partial charge on any atom is -0.493 e. The van der Waals surface area contributed by atoms with Gasteiger partial charge in [0.2, 0.25) is 5.75 Å². The molecule has 0 N–H and O–H groups in total. The van der Waals surface area contributed by atoms with Crippen LogP contribution in [0.5, 0.6) is 17.2 Å². The zero-order valence-corrected chi connectivity index (χ0v) is 14.9. The maximum atomic E-state index is 5.51. The van der Waals surface area contributed by atoms with E-state index in [0.29, 0.717) is 17.2 Å². The van der Waals surface area contributed by atoms with Crippen LogP contribution in [-0.2, 0) is 0 Å². The topological polar surface area (TPSA) is 40.6 Å². The van der Waals surface area contributed by atoms with Gasteiger partial charge >= 0.3 is 0 Å². The fraction of sp³-hybridized carbons (Fsp3) is 0.136. The quantitative estimate of drug-likeness (QED) is 0.484. The van der Waals surface area contributed by atoms with Crippen LogP contribution >= 0.6 is 0 Å². The van der Waals surface area contributed by atoms with Crippen molar-refractivity contribution < 1.29 is 14.2 Å². The molecular weight excluding hydrogens is 326 g/mol. The lowest BCUT2D eigenvalue weighted by Gasteiger charge is -2.15. The van der Waals surface area contributed by atoms with Crippen LogP contribution < -0.4 is 14.2 Å². The van der Waals surface area contributed by atoms with E-state index in [-0.39, 0.29) is 0 Å². The molecule has 0 fully saturated rings. The molecule has 0 unspecified atom stereocenters. The number of hydrogen-bond donors (Lipinski definition) is 0. The van der Waals surface area contributed by atoms with Gasteiger partial charge in [-0.3, -0.25) is 0 Å². The molecule has 0 atom stereocenters. The monoisotopic (exact) mass is 345 g/mol. The molecule has 4 rings (SSSR count). The third kappa shape index (κ3) is 2.51. The Bertz CT molecular complexity index is 1080. The van der Waals surface area contributed by atoms with Gasteiger partial charge in [-0.15, -0.1) is 0 Å². The van der Waals surface area contributed by atoms with Crippen LogP contribution in [0.4, 0.5) is 0 Å². The van der Waals surface area contributed by atoms with Gasteiger partial charge < -0.3 is 14.2 Å². The highest BCUT2D eigenvalue weighted by molar-refractivity contribution is 6.10. The first kappa shape index (κ1) is 16.2. The normalized spacial score (nSPS) is 10.9. The predicted octanol–water partition coefficient (Wildman–Crippen LogP) is 5.08. The van der Waals surface area contributed by atoms with Gasteiger partial charge in [0, 0.05) is 16.3 Å². The molecule has 130 valence electrons. The number of nitrogens with zero attached hydrogens (tertiary/aromatic N) is 1. The van der Waals surface area contributed by atoms with Gasteiger partial charge in [0.05, 0.1) is 32.5 Å². The SMILES string of the molecule is COc1cc(-c2nc3ccccc3c3ccccc23)cc(OC)c1OC. The van der Waals surface area contributed by atoms with Crippen molar-refractivity contribution in [2.75, 3.05) is 21.3 Å². The van der Waals surface area contributed by atoms with Gasteiger partial charge in [-0.25, -0.2) is 4.98 Å². The van der Waals surface area contributed by atoms with Gasteiger partial charge in [-0.05, 0) is 23.6 Å². The average molecular weight is 345 g/mol. The molecule has 1 heterocycles. The first-order valence-electron chi connectivity index (χ1n) is 8.34. The highest BCUT2D eigenvalue weighted by Crippen LogP contribution is 2.42. The summed E-state index contributed by atoms with van der Waals surface area (Å²) in [6.07, 6.45) is 0. The lowest BCUT2D eigenvalue weighted by atomic mass is 9.99. The lowest BCUT2D eigenvalue weighted by Crippen LogP contribution is -1.97. The van der Waals surface area contributed by atoms with Crippen molar-refractivity contribution in [3.63, 3.8) is 0 Å². The van der Waals surface area contributed by atoms with Crippen molar-refractivity contribution in [1.29, 1.82) is 0 Å². The molecule has 4 aromatic rings. The van der Waals surface area contributed by atoms with Crippen LogP contribution in [-0.4, -0.2) is 26.3 Å². The molecular formula is C22H19NO3. The fourth-order valence-electron chi connectivity index (χ4n) is 3.34. The molecule has 4 nitrogen and oxygen atoms in total. The summed E-state index contributed by atoms with van der Waals surface area (Å²) < 4.78 is 16.5. The second-order valence-corrected chi connectivity index (χ2v) is 5.94. The van der Waals surface area contributed by atoms with Crippen LogP contribution in [0.2, 0.25) is 0 Å². The average Bonchev–Trinajstić information content (AvgIpc) is 2.72. The number of pyridine rings is 1. The Morgan fingerprint density at radius 2 is 1.23 bits per heavy atom. The second-order valence-electron chi connectivity index (χ2n) is 5.94. The van der Waals surface area contributed by atoms with E-state index in [9.17, 15) is 0 Å². The Hall–Kier alpha value is -3.27. The number of rotatable bonds is 4. The van der Waals surface area contributed by atoms with Crippen LogP contribution in [0.15, 0.2) is 60.7 Å². The van der Waals surface area contributed by atoms with Crippen LogP contribution in [0.25, 0.3) is 32.9 Å². The van der Waals surface area contributed by atoms with Crippen molar-refractivity contribution in [3.8, 4) is 28.5 Å². The summed E-state index contributed by atoms with van der Waals surface area (Å²) >= 11 is 0. The lowest BCUT2D eigenvalue weighted by molar-refractivity contribution is 0.324. The number of benzene rings is 3. The first-order valence-corrected chi connectivity index (χ1v) is 8.34. The van der Waals surface area contributed by atoms with Gasteiger partial charge in [0.1, 0.15) is 0 Å². The summed E-state index contributed by atoms with van der Waals surface area (Å²) in [6, 6.07) is 20.3. The van der Waals surface area contributed by atoms with E-state index in [4.69, 9.17) is 19.2 Å². The largest absolute Gasteiger partial charge is 0.493 e. The Morgan fingerprint density at radius 1 is 0.654 bits per heavy atom. The second kappa shape index (κ2) is 6.56. The van der Waals surface area contributed by atoms with Crippen LogP contribution in [0.1, 0.15) is 0 Å². The van der Waals surface area contributed by atoms with Crippen LogP contribution in [0.3, 0.4) is 0 Å². The number of methoxy groups -OCH3 is 3. The summed E-state index contributed by atoms with van der Waals surface area (Å²) in [6.45, 7) is 0. The third-order valence-corrected chi connectivity index (χ3v) is 4.55. The number of ether oxygens (including phenoxy) is 3. The molecule has 0 aliphatic heterocycles. The maximum absolute atomic E-state index is 5.51. The Morgan fingerprint density at radius 3 is 1.85 bits per heavy atom. The zero-order valence-electron chi connectivity index (χ0n) is 14.9. The Labute approximate surface area is 152 Å². The molecule has 0 spiro atoms. The Kier molecular flexibility index (Phi) is 4.09. The number of hydrogen-bond acceptors (Lipinski definition) is 4.